The van der Waals surface area contributed by atoms with Crippen LogP contribution in [0.25, 0.3) is 0 Å². The molecule has 0 aromatic carbocycles. The summed E-state index contributed by atoms with van der Waals surface area (Å²) in [4.78, 5) is 12.4. The Morgan fingerprint density at radius 1 is 1.22 bits per heavy atom. The van der Waals surface area contributed by atoms with Crippen LogP contribution in [0.4, 0.5) is 0 Å². The highest BCUT2D eigenvalue weighted by Gasteiger charge is 2.20. The van der Waals surface area contributed by atoms with Crippen molar-refractivity contribution in [1.82, 2.24) is 0 Å². The van der Waals surface area contributed by atoms with Gasteiger partial charge in [0.15, 0.2) is 6.29 Å². The Bertz CT molecular complexity index is 629. The van der Waals surface area contributed by atoms with Gasteiger partial charge in [-0.15, -0.1) is 0 Å². The Kier molecular flexibility index (Phi) is 14.0. The van der Waals surface area contributed by atoms with Crippen molar-refractivity contribution in [3.8, 4) is 0 Å². The molecule has 1 fully saturated rings. The van der Waals surface area contributed by atoms with Crippen molar-refractivity contribution in [3.05, 3.63) is 35.5 Å². The van der Waals surface area contributed by atoms with E-state index in [1.165, 1.54) is 5.57 Å². The van der Waals surface area contributed by atoms with Gasteiger partial charge in [-0.2, -0.15) is 0 Å². The van der Waals surface area contributed by atoms with Crippen molar-refractivity contribution in [2.24, 2.45) is 0 Å². The van der Waals surface area contributed by atoms with Crippen LogP contribution in [-0.2, 0) is 28.5 Å². The minimum Gasteiger partial charge on any atom is -0.463 e. The normalized spacial score (nSPS) is 17.3. The molecule has 0 N–H and O–H groups in total. The van der Waals surface area contributed by atoms with Crippen molar-refractivity contribution < 1.29 is 28.5 Å². The maximum atomic E-state index is 12.4. The molecule has 1 atom stereocenters. The first-order chi connectivity index (χ1) is 15.2. The minimum atomic E-state index is -1.29. The van der Waals surface area contributed by atoms with E-state index in [1.54, 1.807) is 7.11 Å². The smallest absolute Gasteiger partial charge is 0.333 e. The summed E-state index contributed by atoms with van der Waals surface area (Å²) in [6, 6.07) is 1.00. The van der Waals surface area contributed by atoms with Gasteiger partial charge in [0.1, 0.15) is 6.79 Å². The van der Waals surface area contributed by atoms with E-state index in [2.05, 4.69) is 39.2 Å². The fourth-order valence-corrected chi connectivity index (χ4v) is 5.07. The van der Waals surface area contributed by atoms with Gasteiger partial charge in [0.05, 0.1) is 25.9 Å². The summed E-state index contributed by atoms with van der Waals surface area (Å²) in [5.74, 6) is -0.255. The molecule has 1 aliphatic rings. The van der Waals surface area contributed by atoms with E-state index in [1.807, 2.05) is 13.0 Å². The number of carbonyl (C=O) groups excluding carboxylic acids is 1. The number of hydrogen-bond acceptors (Lipinski definition) is 6. The number of allylic oxidation sites excluding steroid dienone is 2. The summed E-state index contributed by atoms with van der Waals surface area (Å²) >= 11 is 0. The van der Waals surface area contributed by atoms with Gasteiger partial charge >= 0.3 is 5.97 Å². The van der Waals surface area contributed by atoms with Gasteiger partial charge in [-0.1, -0.05) is 43.9 Å². The van der Waals surface area contributed by atoms with Crippen molar-refractivity contribution in [3.63, 3.8) is 0 Å². The molecule has 0 amide bonds. The van der Waals surface area contributed by atoms with Crippen LogP contribution in [0, 0.1) is 0 Å². The molecule has 0 aromatic rings. The lowest BCUT2D eigenvalue weighted by molar-refractivity contribution is -0.180. The SMILES string of the molecule is C=C(C[Si](C)(C)C)C(/C=C(\C)CC/C=C(\CCC1OCCCO1)C(=O)OCC)OCOC. The average molecular weight is 469 g/mol. The van der Waals surface area contributed by atoms with Crippen LogP contribution < -0.4 is 0 Å². The van der Waals surface area contributed by atoms with Crippen LogP contribution in [0.5, 0.6) is 0 Å². The second kappa shape index (κ2) is 15.6. The first-order valence-electron chi connectivity index (χ1n) is 11.7. The van der Waals surface area contributed by atoms with Crippen LogP contribution in [0.15, 0.2) is 35.5 Å². The van der Waals surface area contributed by atoms with Gasteiger partial charge in [0.2, 0.25) is 0 Å². The maximum Gasteiger partial charge on any atom is 0.333 e. The molecule has 32 heavy (non-hydrogen) atoms. The molecular formula is C25H44O6Si. The Morgan fingerprint density at radius 2 is 1.91 bits per heavy atom. The molecule has 1 heterocycles. The molecule has 0 bridgehead atoms. The molecule has 184 valence electrons. The molecule has 0 aromatic heterocycles. The predicted octanol–water partition coefficient (Wildman–Crippen LogP) is 5.63. The van der Waals surface area contributed by atoms with Gasteiger partial charge in [0, 0.05) is 27.2 Å². The molecule has 0 radical (unpaired) electrons. The third-order valence-corrected chi connectivity index (χ3v) is 6.49. The minimum absolute atomic E-state index is 0.157. The fraction of sp³-hybridized carbons (Fsp3) is 0.720. The maximum absolute atomic E-state index is 12.4. The topological polar surface area (TPSA) is 63.2 Å². The molecule has 1 aliphatic heterocycles. The average Bonchev–Trinajstić information content (AvgIpc) is 2.73. The molecule has 1 rings (SSSR count). The largest absolute Gasteiger partial charge is 0.463 e. The lowest BCUT2D eigenvalue weighted by atomic mass is 10.0. The zero-order valence-corrected chi connectivity index (χ0v) is 22.0. The van der Waals surface area contributed by atoms with Crippen molar-refractivity contribution in [1.29, 1.82) is 0 Å². The zero-order chi connectivity index (χ0) is 24.0. The first kappa shape index (κ1) is 28.8. The summed E-state index contributed by atoms with van der Waals surface area (Å²) in [7, 11) is 0.336. The standard InChI is InChI=1S/C25H44O6Si/c1-8-28-25(26)22(13-14-24-29-15-10-16-30-24)12-9-11-20(2)17-23(31-19-27-4)21(3)18-32(5,6)7/h12,17,23-24H,3,8-11,13-16,18-19H2,1-2,4-7H3/b20-17+,22-12+. The molecule has 0 spiro atoms. The number of rotatable bonds is 15. The van der Waals surface area contributed by atoms with E-state index < -0.39 is 8.07 Å². The van der Waals surface area contributed by atoms with E-state index in [4.69, 9.17) is 23.7 Å². The van der Waals surface area contributed by atoms with Gasteiger partial charge in [-0.05, 0) is 51.1 Å². The van der Waals surface area contributed by atoms with Crippen molar-refractivity contribution >= 4 is 14.0 Å². The van der Waals surface area contributed by atoms with Crippen LogP contribution >= 0.6 is 0 Å². The third kappa shape index (κ3) is 12.7. The van der Waals surface area contributed by atoms with E-state index in [0.29, 0.717) is 38.2 Å². The van der Waals surface area contributed by atoms with E-state index >= 15 is 0 Å². The number of hydrogen-bond donors (Lipinski definition) is 0. The van der Waals surface area contributed by atoms with Gasteiger partial charge in [0.25, 0.3) is 0 Å². The predicted molar refractivity (Wildman–Crippen MR) is 131 cm³/mol. The molecule has 1 unspecified atom stereocenters. The monoisotopic (exact) mass is 468 g/mol. The lowest BCUT2D eigenvalue weighted by Gasteiger charge is -2.23. The number of esters is 1. The summed E-state index contributed by atoms with van der Waals surface area (Å²) < 4.78 is 27.4. The highest BCUT2D eigenvalue weighted by atomic mass is 28.3. The lowest BCUT2D eigenvalue weighted by Crippen LogP contribution is -2.25. The van der Waals surface area contributed by atoms with Crippen LogP contribution in [0.3, 0.4) is 0 Å². The molecule has 0 aliphatic carbocycles. The van der Waals surface area contributed by atoms with Crippen LogP contribution in [-0.4, -0.2) is 60.2 Å². The Morgan fingerprint density at radius 3 is 2.50 bits per heavy atom. The van der Waals surface area contributed by atoms with E-state index in [-0.39, 0.29) is 25.2 Å². The number of ether oxygens (including phenoxy) is 5. The molecule has 0 saturated carbocycles. The van der Waals surface area contributed by atoms with Gasteiger partial charge in [-0.25, -0.2) is 4.79 Å². The number of methoxy groups -OCH3 is 1. The highest BCUT2D eigenvalue weighted by molar-refractivity contribution is 6.76. The first-order valence-corrected chi connectivity index (χ1v) is 15.4. The fourth-order valence-electron chi connectivity index (χ4n) is 3.51. The van der Waals surface area contributed by atoms with Crippen LogP contribution in [0.2, 0.25) is 25.7 Å². The molecule has 6 nitrogen and oxygen atoms in total. The van der Waals surface area contributed by atoms with Gasteiger partial charge < -0.3 is 23.7 Å². The Labute approximate surface area is 196 Å². The summed E-state index contributed by atoms with van der Waals surface area (Å²) in [5.41, 5.74) is 2.98. The third-order valence-electron chi connectivity index (χ3n) is 4.97. The van der Waals surface area contributed by atoms with E-state index in [9.17, 15) is 4.79 Å². The Balaban J connectivity index is 2.73. The Hall–Kier alpha value is -1.25. The highest BCUT2D eigenvalue weighted by Crippen LogP contribution is 2.23. The summed E-state index contributed by atoms with van der Waals surface area (Å²) in [5, 5.41) is 0. The second-order valence-electron chi connectivity index (χ2n) is 9.45. The van der Waals surface area contributed by atoms with E-state index in [0.717, 1.165) is 30.9 Å². The molecule has 7 heteroatoms. The molecular weight excluding hydrogens is 424 g/mol. The second-order valence-corrected chi connectivity index (χ2v) is 14.9. The molecule has 1 saturated heterocycles. The van der Waals surface area contributed by atoms with Crippen molar-refractivity contribution in [2.45, 2.75) is 84.0 Å². The summed E-state index contributed by atoms with van der Waals surface area (Å²) in [6.07, 6.45) is 7.45. The zero-order valence-electron chi connectivity index (χ0n) is 21.0. The van der Waals surface area contributed by atoms with Gasteiger partial charge in [-0.3, -0.25) is 0 Å². The van der Waals surface area contributed by atoms with Crippen LogP contribution in [0.1, 0.15) is 46.0 Å². The summed E-state index contributed by atoms with van der Waals surface area (Å²) in [6.45, 7) is 17.2. The number of carbonyl (C=O) groups is 1. The quantitative estimate of drug-likeness (QED) is 0.102. The van der Waals surface area contributed by atoms with Crippen molar-refractivity contribution in [2.75, 3.05) is 33.7 Å².